The Bertz CT molecular complexity index is 265. The highest BCUT2D eigenvalue weighted by Crippen LogP contribution is 2.28. The van der Waals surface area contributed by atoms with Gasteiger partial charge in [-0.1, -0.05) is 0 Å². The lowest BCUT2D eigenvalue weighted by Gasteiger charge is -2.03. The summed E-state index contributed by atoms with van der Waals surface area (Å²) in [5, 5.41) is 8.74. The molecule has 1 aromatic carbocycles. The Balaban J connectivity index is 3.04. The second-order valence-electron chi connectivity index (χ2n) is 2.35. The first-order valence-corrected chi connectivity index (χ1v) is 6.06. The van der Waals surface area contributed by atoms with Gasteiger partial charge in [0.1, 0.15) is 0 Å². The molecule has 1 N–H and O–H groups in total. The molecule has 0 atom stereocenters. The van der Waals surface area contributed by atoms with E-state index in [0.29, 0.717) is 6.42 Å². The van der Waals surface area contributed by atoms with Gasteiger partial charge in [-0.2, -0.15) is 0 Å². The highest BCUT2D eigenvalue weighted by molar-refractivity contribution is 14.1. The smallest absolute Gasteiger partial charge is 0.0471 e. The van der Waals surface area contributed by atoms with E-state index < -0.39 is 0 Å². The fourth-order valence-electron chi connectivity index (χ4n) is 0.881. The minimum absolute atomic E-state index is 0.194. The molecule has 0 amide bonds. The maximum atomic E-state index is 8.74. The van der Waals surface area contributed by atoms with E-state index >= 15 is 0 Å². The summed E-state index contributed by atoms with van der Waals surface area (Å²) in [7, 11) is 0. The quantitative estimate of drug-likeness (QED) is 0.591. The number of hydrogen-bond donors (Lipinski definition) is 1. The van der Waals surface area contributed by atoms with Crippen molar-refractivity contribution in [1.29, 1.82) is 0 Å². The molecule has 0 saturated heterocycles. The zero-order valence-corrected chi connectivity index (χ0v) is 11.5. The van der Waals surface area contributed by atoms with Gasteiger partial charge in [-0.3, -0.25) is 0 Å². The van der Waals surface area contributed by atoms with Gasteiger partial charge < -0.3 is 5.11 Å². The molecule has 66 valence electrons. The number of hydrogen-bond acceptors (Lipinski definition) is 1. The van der Waals surface area contributed by atoms with Crippen molar-refractivity contribution in [3.63, 3.8) is 0 Å². The third-order valence-electron chi connectivity index (χ3n) is 1.44. The summed E-state index contributed by atoms with van der Waals surface area (Å²) in [6.45, 7) is 0.194. The van der Waals surface area contributed by atoms with Crippen molar-refractivity contribution in [3.05, 3.63) is 30.2 Å². The molecule has 0 radical (unpaired) electrons. The second kappa shape index (κ2) is 4.93. The lowest BCUT2D eigenvalue weighted by atomic mass is 10.2. The van der Waals surface area contributed by atoms with Crippen LogP contribution in [0.1, 0.15) is 5.56 Å². The Labute approximate surface area is 102 Å². The summed E-state index contributed by atoms with van der Waals surface area (Å²) in [5.74, 6) is 0. The summed E-state index contributed by atoms with van der Waals surface area (Å²) in [6.07, 6.45) is 0.702. The third-order valence-corrected chi connectivity index (χ3v) is 5.34. The molecule has 0 aliphatic rings. The normalized spacial score (nSPS) is 10.3. The second-order valence-corrected chi connectivity index (χ2v) is 5.13. The Morgan fingerprint density at radius 1 is 1.25 bits per heavy atom. The van der Waals surface area contributed by atoms with Crippen molar-refractivity contribution in [3.8, 4) is 0 Å². The molecule has 0 heterocycles. The SMILES string of the molecule is OCCc1cc(Br)c(I)c(Br)c1. The van der Waals surface area contributed by atoms with Gasteiger partial charge in [0.2, 0.25) is 0 Å². The Hall–Kier alpha value is 0.870. The minimum atomic E-state index is 0.194. The van der Waals surface area contributed by atoms with Gasteiger partial charge in [0.25, 0.3) is 0 Å². The molecule has 0 unspecified atom stereocenters. The van der Waals surface area contributed by atoms with Crippen LogP contribution in [0.15, 0.2) is 21.1 Å². The fourth-order valence-corrected chi connectivity index (χ4v) is 2.47. The summed E-state index contributed by atoms with van der Waals surface area (Å²) >= 11 is 9.15. The first-order chi connectivity index (χ1) is 5.65. The summed E-state index contributed by atoms with van der Waals surface area (Å²) < 4.78 is 3.30. The van der Waals surface area contributed by atoms with Gasteiger partial charge in [-0.25, -0.2) is 0 Å². The highest BCUT2D eigenvalue weighted by Gasteiger charge is 2.03. The summed E-state index contributed by atoms with van der Waals surface area (Å²) in [5.41, 5.74) is 1.14. The average molecular weight is 406 g/mol. The molecule has 0 aliphatic carbocycles. The zero-order chi connectivity index (χ0) is 9.14. The summed E-state index contributed by atoms with van der Waals surface area (Å²) in [6, 6.07) is 4.06. The van der Waals surface area contributed by atoms with Gasteiger partial charge >= 0.3 is 0 Å². The van der Waals surface area contributed by atoms with Crippen LogP contribution in [0, 0.1) is 3.57 Å². The number of benzene rings is 1. The molecule has 0 bridgehead atoms. The van der Waals surface area contributed by atoms with E-state index in [2.05, 4.69) is 54.5 Å². The minimum Gasteiger partial charge on any atom is -0.396 e. The van der Waals surface area contributed by atoms with E-state index in [9.17, 15) is 0 Å². The third kappa shape index (κ3) is 2.68. The van der Waals surface area contributed by atoms with Crippen LogP contribution in [0.25, 0.3) is 0 Å². The van der Waals surface area contributed by atoms with Crippen LogP contribution in [0.4, 0.5) is 0 Å². The van der Waals surface area contributed by atoms with Crippen molar-refractivity contribution >= 4 is 54.5 Å². The largest absolute Gasteiger partial charge is 0.396 e. The summed E-state index contributed by atoms with van der Waals surface area (Å²) in [4.78, 5) is 0. The van der Waals surface area contributed by atoms with Crippen LogP contribution in [-0.2, 0) is 6.42 Å². The lowest BCUT2D eigenvalue weighted by Crippen LogP contribution is -1.91. The van der Waals surface area contributed by atoms with Crippen molar-refractivity contribution < 1.29 is 5.11 Å². The zero-order valence-electron chi connectivity index (χ0n) is 6.15. The molecule has 0 spiro atoms. The molecule has 1 aromatic rings. The molecular weight excluding hydrogens is 399 g/mol. The maximum absolute atomic E-state index is 8.74. The molecule has 0 aliphatic heterocycles. The van der Waals surface area contributed by atoms with Gasteiger partial charge in [-0.15, -0.1) is 0 Å². The van der Waals surface area contributed by atoms with E-state index in [-0.39, 0.29) is 6.61 Å². The molecule has 4 heteroatoms. The standard InChI is InChI=1S/C8H7Br2IO/c9-6-3-5(1-2-12)4-7(10)8(6)11/h3-4,12H,1-2H2. The topological polar surface area (TPSA) is 20.2 Å². The van der Waals surface area contributed by atoms with Crippen molar-refractivity contribution in [2.75, 3.05) is 6.61 Å². The van der Waals surface area contributed by atoms with Crippen LogP contribution in [-0.4, -0.2) is 11.7 Å². The number of rotatable bonds is 2. The Kier molecular flexibility index (Phi) is 4.50. The Morgan fingerprint density at radius 3 is 2.17 bits per heavy atom. The highest BCUT2D eigenvalue weighted by atomic mass is 127. The molecule has 12 heavy (non-hydrogen) atoms. The maximum Gasteiger partial charge on any atom is 0.0471 e. The Morgan fingerprint density at radius 2 is 1.75 bits per heavy atom. The predicted molar refractivity (Wildman–Crippen MR) is 65.3 cm³/mol. The van der Waals surface area contributed by atoms with Crippen molar-refractivity contribution in [2.45, 2.75) is 6.42 Å². The molecule has 1 nitrogen and oxygen atoms in total. The van der Waals surface area contributed by atoms with Crippen molar-refractivity contribution in [2.24, 2.45) is 0 Å². The van der Waals surface area contributed by atoms with Crippen molar-refractivity contribution in [1.82, 2.24) is 0 Å². The average Bonchev–Trinajstić information content (AvgIpc) is 2.01. The lowest BCUT2D eigenvalue weighted by molar-refractivity contribution is 0.299. The van der Waals surface area contributed by atoms with E-state index in [0.717, 1.165) is 18.1 Å². The number of halogens is 3. The van der Waals surface area contributed by atoms with Crippen LogP contribution >= 0.6 is 54.5 Å². The van der Waals surface area contributed by atoms with E-state index in [1.807, 2.05) is 12.1 Å². The van der Waals surface area contributed by atoms with Crippen LogP contribution < -0.4 is 0 Å². The van der Waals surface area contributed by atoms with E-state index in [1.165, 1.54) is 0 Å². The predicted octanol–water partition coefficient (Wildman–Crippen LogP) is 3.35. The molecule has 0 fully saturated rings. The van der Waals surface area contributed by atoms with Gasteiger partial charge in [0.05, 0.1) is 0 Å². The first kappa shape index (κ1) is 10.9. The molecule has 0 saturated carbocycles. The number of aliphatic hydroxyl groups is 1. The monoisotopic (exact) mass is 404 g/mol. The molecule has 0 aromatic heterocycles. The number of aliphatic hydroxyl groups excluding tert-OH is 1. The fraction of sp³-hybridized carbons (Fsp3) is 0.250. The van der Waals surface area contributed by atoms with Crippen LogP contribution in [0.5, 0.6) is 0 Å². The van der Waals surface area contributed by atoms with E-state index in [4.69, 9.17) is 5.11 Å². The van der Waals surface area contributed by atoms with Crippen LogP contribution in [0.2, 0.25) is 0 Å². The van der Waals surface area contributed by atoms with Gasteiger partial charge in [0.15, 0.2) is 0 Å². The molecule has 1 rings (SSSR count). The first-order valence-electron chi connectivity index (χ1n) is 3.39. The van der Waals surface area contributed by atoms with Gasteiger partial charge in [-0.05, 0) is 78.6 Å². The van der Waals surface area contributed by atoms with Crippen LogP contribution in [0.3, 0.4) is 0 Å². The van der Waals surface area contributed by atoms with E-state index in [1.54, 1.807) is 0 Å². The molecular formula is C8H7Br2IO. The van der Waals surface area contributed by atoms with Gasteiger partial charge in [0, 0.05) is 19.1 Å².